The number of carbonyl (C=O) groups is 1. The minimum atomic E-state index is -0.0593. The molecule has 5 heteroatoms. The summed E-state index contributed by atoms with van der Waals surface area (Å²) in [5, 5.41) is 3.91. The molecule has 0 atom stereocenters. The van der Waals surface area contributed by atoms with Crippen molar-refractivity contribution in [1.82, 2.24) is 5.43 Å². The number of unbranched alkanes of at least 4 members (excludes halogenated alkanes) is 1. The summed E-state index contributed by atoms with van der Waals surface area (Å²) in [6, 6.07) is 7.40. The number of halogens is 1. The van der Waals surface area contributed by atoms with Gasteiger partial charge in [0, 0.05) is 12.0 Å². The average Bonchev–Trinajstić information content (AvgIpc) is 2.47. The lowest BCUT2D eigenvalue weighted by atomic mass is 10.2. The first-order valence-corrected chi connectivity index (χ1v) is 7.00. The van der Waals surface area contributed by atoms with E-state index < -0.39 is 0 Å². The van der Waals surface area contributed by atoms with Gasteiger partial charge in [-0.05, 0) is 42.3 Å². The van der Waals surface area contributed by atoms with Crippen LogP contribution in [0.5, 0.6) is 5.75 Å². The van der Waals surface area contributed by atoms with Crippen molar-refractivity contribution in [3.05, 3.63) is 41.4 Å². The van der Waals surface area contributed by atoms with Gasteiger partial charge in [0.15, 0.2) is 0 Å². The molecular formula is C15H19ClN2O2. The summed E-state index contributed by atoms with van der Waals surface area (Å²) < 4.78 is 5.40. The molecule has 0 saturated heterocycles. The third-order valence-corrected chi connectivity index (χ3v) is 2.65. The maximum Gasteiger partial charge on any atom is 0.240 e. The molecule has 1 N–H and O–H groups in total. The second-order valence-corrected chi connectivity index (χ2v) is 4.39. The summed E-state index contributed by atoms with van der Waals surface area (Å²) in [5.74, 6) is 0.694. The Morgan fingerprint density at radius 3 is 2.80 bits per heavy atom. The Hall–Kier alpha value is -1.81. The zero-order chi connectivity index (χ0) is 14.6. The molecule has 1 amide bonds. The van der Waals surface area contributed by atoms with E-state index in [1.54, 1.807) is 12.3 Å². The van der Waals surface area contributed by atoms with Crippen LogP contribution in [0.2, 0.25) is 0 Å². The fourth-order valence-corrected chi connectivity index (χ4v) is 1.48. The highest BCUT2D eigenvalue weighted by molar-refractivity contribution is 6.25. The molecule has 0 radical (unpaired) electrons. The first-order chi connectivity index (χ1) is 9.76. The molecule has 1 aromatic carbocycles. The standard InChI is InChI=1S/C15H19ClN2O2/c1-2-3-5-15(19)18-17-12-13-6-8-14(9-7-13)20-11-4-10-16/h4,6-10,12H,2-3,5,11H2,1H3,(H,18,19). The van der Waals surface area contributed by atoms with Crippen LogP contribution in [0, 0.1) is 0 Å². The maximum atomic E-state index is 11.3. The molecule has 0 fully saturated rings. The quantitative estimate of drug-likeness (QED) is 0.589. The van der Waals surface area contributed by atoms with Crippen LogP contribution < -0.4 is 10.2 Å². The van der Waals surface area contributed by atoms with Crippen molar-refractivity contribution in [2.45, 2.75) is 26.2 Å². The molecule has 108 valence electrons. The van der Waals surface area contributed by atoms with Gasteiger partial charge in [0.1, 0.15) is 12.4 Å². The van der Waals surface area contributed by atoms with Gasteiger partial charge in [-0.3, -0.25) is 4.79 Å². The number of benzene rings is 1. The number of carbonyl (C=O) groups excluding carboxylic acids is 1. The van der Waals surface area contributed by atoms with E-state index in [9.17, 15) is 4.79 Å². The molecule has 1 aromatic rings. The Kier molecular flexibility index (Phi) is 8.15. The summed E-state index contributed by atoms with van der Waals surface area (Å²) in [7, 11) is 0. The lowest BCUT2D eigenvalue weighted by molar-refractivity contribution is -0.121. The molecule has 0 aliphatic carbocycles. The van der Waals surface area contributed by atoms with Crippen LogP contribution in [0.3, 0.4) is 0 Å². The van der Waals surface area contributed by atoms with Gasteiger partial charge in [0.2, 0.25) is 5.91 Å². The number of rotatable bonds is 8. The Morgan fingerprint density at radius 1 is 1.40 bits per heavy atom. The SMILES string of the molecule is CCCCC(=O)NN=Cc1ccc(OCC=CCl)cc1. The highest BCUT2D eigenvalue weighted by atomic mass is 35.5. The van der Waals surface area contributed by atoms with Gasteiger partial charge in [-0.25, -0.2) is 5.43 Å². The largest absolute Gasteiger partial charge is 0.490 e. The minimum absolute atomic E-state index is 0.0593. The van der Waals surface area contributed by atoms with Crippen LogP contribution in [0.15, 0.2) is 41.0 Å². The summed E-state index contributed by atoms with van der Waals surface area (Å²) in [5.41, 5.74) is 4.81. The van der Waals surface area contributed by atoms with Crippen molar-refractivity contribution in [3.8, 4) is 5.75 Å². The molecule has 20 heavy (non-hydrogen) atoms. The van der Waals surface area contributed by atoms with E-state index in [0.717, 1.165) is 24.2 Å². The average molecular weight is 295 g/mol. The maximum absolute atomic E-state index is 11.3. The Balaban J connectivity index is 2.38. The van der Waals surface area contributed by atoms with Gasteiger partial charge in [0.05, 0.1) is 6.21 Å². The van der Waals surface area contributed by atoms with Crippen molar-refractivity contribution in [2.75, 3.05) is 6.61 Å². The van der Waals surface area contributed by atoms with Crippen molar-refractivity contribution in [3.63, 3.8) is 0 Å². The molecule has 0 aliphatic rings. The molecule has 0 spiro atoms. The number of ether oxygens (including phenoxy) is 1. The molecule has 0 aromatic heterocycles. The van der Waals surface area contributed by atoms with E-state index in [0.29, 0.717) is 13.0 Å². The molecule has 0 bridgehead atoms. The normalized spacial score (nSPS) is 11.1. The topological polar surface area (TPSA) is 50.7 Å². The Labute approximate surface area is 124 Å². The zero-order valence-corrected chi connectivity index (χ0v) is 12.3. The van der Waals surface area contributed by atoms with Crippen LogP contribution in [0.1, 0.15) is 31.7 Å². The fraction of sp³-hybridized carbons (Fsp3) is 0.333. The van der Waals surface area contributed by atoms with E-state index in [-0.39, 0.29) is 5.91 Å². The van der Waals surface area contributed by atoms with Crippen LogP contribution in [0.25, 0.3) is 0 Å². The summed E-state index contributed by atoms with van der Waals surface area (Å²) >= 11 is 5.39. The van der Waals surface area contributed by atoms with Gasteiger partial charge in [-0.2, -0.15) is 5.10 Å². The van der Waals surface area contributed by atoms with Gasteiger partial charge in [-0.1, -0.05) is 24.9 Å². The number of nitrogens with one attached hydrogen (secondary N) is 1. The van der Waals surface area contributed by atoms with Gasteiger partial charge in [0.25, 0.3) is 0 Å². The highest BCUT2D eigenvalue weighted by Crippen LogP contribution is 2.11. The first kappa shape index (κ1) is 16.2. The summed E-state index contributed by atoms with van der Waals surface area (Å²) in [4.78, 5) is 11.3. The molecule has 0 heterocycles. The smallest absolute Gasteiger partial charge is 0.240 e. The molecule has 0 aliphatic heterocycles. The molecule has 4 nitrogen and oxygen atoms in total. The number of hydrazone groups is 1. The fourth-order valence-electron chi connectivity index (χ4n) is 1.40. The molecular weight excluding hydrogens is 276 g/mol. The number of hydrogen-bond acceptors (Lipinski definition) is 3. The van der Waals surface area contributed by atoms with E-state index in [1.165, 1.54) is 5.54 Å². The summed E-state index contributed by atoms with van der Waals surface area (Å²) in [6.45, 7) is 2.48. The van der Waals surface area contributed by atoms with Crippen LogP contribution in [-0.4, -0.2) is 18.7 Å². The summed E-state index contributed by atoms with van der Waals surface area (Å²) in [6.07, 6.45) is 5.70. The second kappa shape index (κ2) is 10.0. The zero-order valence-electron chi connectivity index (χ0n) is 11.5. The predicted octanol–water partition coefficient (Wildman–Crippen LogP) is 3.46. The number of hydrogen-bond donors (Lipinski definition) is 1. The minimum Gasteiger partial charge on any atom is -0.490 e. The molecule has 1 rings (SSSR count). The van der Waals surface area contributed by atoms with Gasteiger partial charge < -0.3 is 4.74 Å². The van der Waals surface area contributed by atoms with E-state index in [1.807, 2.05) is 31.2 Å². The number of nitrogens with zero attached hydrogens (tertiary/aromatic N) is 1. The van der Waals surface area contributed by atoms with Crippen molar-refractivity contribution >= 4 is 23.7 Å². The van der Waals surface area contributed by atoms with Crippen LogP contribution >= 0.6 is 11.6 Å². The van der Waals surface area contributed by atoms with Crippen molar-refractivity contribution in [1.29, 1.82) is 0 Å². The van der Waals surface area contributed by atoms with Crippen molar-refractivity contribution < 1.29 is 9.53 Å². The third kappa shape index (κ3) is 6.95. The highest BCUT2D eigenvalue weighted by Gasteiger charge is 1.97. The van der Waals surface area contributed by atoms with Crippen molar-refractivity contribution in [2.24, 2.45) is 5.10 Å². The van der Waals surface area contributed by atoms with E-state index in [2.05, 4.69) is 10.5 Å². The third-order valence-electron chi connectivity index (χ3n) is 2.48. The predicted molar refractivity (Wildman–Crippen MR) is 82.2 cm³/mol. The number of amides is 1. The molecule has 0 saturated carbocycles. The van der Waals surface area contributed by atoms with Gasteiger partial charge >= 0.3 is 0 Å². The van der Waals surface area contributed by atoms with Gasteiger partial charge in [-0.15, -0.1) is 0 Å². The van der Waals surface area contributed by atoms with E-state index >= 15 is 0 Å². The Bertz CT molecular complexity index is 455. The lowest BCUT2D eigenvalue weighted by Gasteiger charge is -2.02. The van der Waals surface area contributed by atoms with Crippen LogP contribution in [-0.2, 0) is 4.79 Å². The molecule has 0 unspecified atom stereocenters. The first-order valence-electron chi connectivity index (χ1n) is 6.56. The second-order valence-electron chi connectivity index (χ2n) is 4.14. The Morgan fingerprint density at radius 2 is 2.15 bits per heavy atom. The lowest BCUT2D eigenvalue weighted by Crippen LogP contribution is -2.16. The van der Waals surface area contributed by atoms with E-state index in [4.69, 9.17) is 16.3 Å². The van der Waals surface area contributed by atoms with Crippen LogP contribution in [0.4, 0.5) is 0 Å². The monoisotopic (exact) mass is 294 g/mol.